The summed E-state index contributed by atoms with van der Waals surface area (Å²) in [5, 5.41) is 8.71. The van der Waals surface area contributed by atoms with Crippen LogP contribution in [0.1, 0.15) is 27.8 Å². The summed E-state index contributed by atoms with van der Waals surface area (Å²) in [5.41, 5.74) is 0.407. The third-order valence-corrected chi connectivity index (χ3v) is 2.38. The predicted molar refractivity (Wildman–Crippen MR) is 68.1 cm³/mol. The van der Waals surface area contributed by atoms with E-state index in [4.69, 9.17) is 19.0 Å². The molecule has 6 nitrogen and oxygen atoms in total. The van der Waals surface area contributed by atoms with Crippen molar-refractivity contribution in [2.24, 2.45) is 0 Å². The maximum atomic E-state index is 11.4. The first-order valence-electron chi connectivity index (χ1n) is 5.88. The highest BCUT2D eigenvalue weighted by Gasteiger charge is 2.11. The Morgan fingerprint density at radius 3 is 2.40 bits per heavy atom. The van der Waals surface area contributed by atoms with Gasteiger partial charge in [0.15, 0.2) is 0 Å². The van der Waals surface area contributed by atoms with Crippen molar-refractivity contribution in [2.75, 3.05) is 6.61 Å². The van der Waals surface area contributed by atoms with Crippen molar-refractivity contribution in [2.45, 2.75) is 6.92 Å². The fourth-order valence-electron chi connectivity index (χ4n) is 1.48. The SMILES string of the molecule is CCOC(=O)c1ccc(Oc2ccc(C(=O)O)o2)cc1. The minimum atomic E-state index is -1.17. The first-order chi connectivity index (χ1) is 9.60. The van der Waals surface area contributed by atoms with E-state index >= 15 is 0 Å². The molecule has 0 bridgehead atoms. The average Bonchev–Trinajstić information content (AvgIpc) is 2.88. The molecule has 2 aromatic rings. The zero-order chi connectivity index (χ0) is 14.5. The van der Waals surface area contributed by atoms with E-state index in [2.05, 4.69) is 0 Å². The molecular weight excluding hydrogens is 264 g/mol. The molecule has 0 amide bonds. The number of ether oxygens (including phenoxy) is 2. The number of rotatable bonds is 5. The molecule has 0 aliphatic rings. The molecule has 0 radical (unpaired) electrons. The van der Waals surface area contributed by atoms with Gasteiger partial charge in [-0.1, -0.05) is 0 Å². The van der Waals surface area contributed by atoms with Crippen molar-refractivity contribution < 1.29 is 28.6 Å². The Labute approximate surface area is 114 Å². The Bertz CT molecular complexity index is 611. The van der Waals surface area contributed by atoms with Crippen LogP contribution in [0.4, 0.5) is 0 Å². The lowest BCUT2D eigenvalue weighted by atomic mass is 10.2. The van der Waals surface area contributed by atoms with Crippen LogP contribution in [0.5, 0.6) is 11.7 Å². The molecule has 104 valence electrons. The fraction of sp³-hybridized carbons (Fsp3) is 0.143. The molecule has 0 spiro atoms. The highest BCUT2D eigenvalue weighted by molar-refractivity contribution is 5.89. The lowest BCUT2D eigenvalue weighted by Gasteiger charge is -2.04. The highest BCUT2D eigenvalue weighted by Crippen LogP contribution is 2.24. The molecule has 0 unspecified atom stereocenters. The summed E-state index contributed by atoms with van der Waals surface area (Å²) in [5.74, 6) is -1.30. The molecule has 0 aliphatic carbocycles. The van der Waals surface area contributed by atoms with E-state index in [1.54, 1.807) is 31.2 Å². The second kappa shape index (κ2) is 5.92. The number of aromatic carboxylic acids is 1. The Balaban J connectivity index is 2.06. The van der Waals surface area contributed by atoms with Crippen LogP contribution in [-0.2, 0) is 4.74 Å². The summed E-state index contributed by atoms with van der Waals surface area (Å²) < 4.78 is 15.1. The number of carboxylic acid groups (broad SMARTS) is 1. The number of furan rings is 1. The van der Waals surface area contributed by atoms with Crippen molar-refractivity contribution in [3.63, 3.8) is 0 Å². The van der Waals surface area contributed by atoms with E-state index in [-0.39, 0.29) is 11.7 Å². The van der Waals surface area contributed by atoms with Gasteiger partial charge in [0.1, 0.15) is 5.75 Å². The molecule has 20 heavy (non-hydrogen) atoms. The smallest absolute Gasteiger partial charge is 0.371 e. The van der Waals surface area contributed by atoms with Crippen molar-refractivity contribution in [3.8, 4) is 11.7 Å². The van der Waals surface area contributed by atoms with Gasteiger partial charge in [-0.25, -0.2) is 9.59 Å². The minimum absolute atomic E-state index is 0.0614. The summed E-state index contributed by atoms with van der Waals surface area (Å²) in [6.45, 7) is 2.04. The van der Waals surface area contributed by atoms with E-state index in [9.17, 15) is 9.59 Å². The molecule has 1 heterocycles. The van der Waals surface area contributed by atoms with Crippen LogP contribution in [0.2, 0.25) is 0 Å². The second-order valence-electron chi connectivity index (χ2n) is 3.77. The Morgan fingerprint density at radius 2 is 1.85 bits per heavy atom. The van der Waals surface area contributed by atoms with E-state index in [0.29, 0.717) is 17.9 Å². The first-order valence-corrected chi connectivity index (χ1v) is 5.88. The molecule has 0 saturated carbocycles. The van der Waals surface area contributed by atoms with Crippen LogP contribution in [0.3, 0.4) is 0 Å². The molecule has 1 aromatic carbocycles. The predicted octanol–water partition coefficient (Wildman–Crippen LogP) is 2.95. The van der Waals surface area contributed by atoms with E-state index in [1.807, 2.05) is 0 Å². The van der Waals surface area contributed by atoms with Gasteiger partial charge < -0.3 is 19.0 Å². The Kier molecular flexibility index (Phi) is 4.05. The van der Waals surface area contributed by atoms with Gasteiger partial charge in [0.25, 0.3) is 5.95 Å². The van der Waals surface area contributed by atoms with Crippen molar-refractivity contribution in [3.05, 3.63) is 47.7 Å². The zero-order valence-electron chi connectivity index (χ0n) is 10.7. The lowest BCUT2D eigenvalue weighted by Crippen LogP contribution is -2.03. The number of carbonyl (C=O) groups excluding carboxylic acids is 1. The van der Waals surface area contributed by atoms with Crippen LogP contribution in [0.25, 0.3) is 0 Å². The largest absolute Gasteiger partial charge is 0.475 e. The van der Waals surface area contributed by atoms with Crippen LogP contribution in [-0.4, -0.2) is 23.7 Å². The molecule has 1 N–H and O–H groups in total. The summed E-state index contributed by atoms with van der Waals surface area (Å²) in [6, 6.07) is 8.93. The summed E-state index contributed by atoms with van der Waals surface area (Å²) in [6.07, 6.45) is 0. The molecule has 6 heteroatoms. The molecule has 0 aliphatic heterocycles. The van der Waals surface area contributed by atoms with Crippen LogP contribution in [0.15, 0.2) is 40.8 Å². The standard InChI is InChI=1S/C14H12O6/c1-2-18-14(17)9-3-5-10(6-4-9)19-12-8-7-11(20-12)13(15)16/h3-8H,2H2,1H3,(H,15,16). The zero-order valence-corrected chi connectivity index (χ0v) is 10.7. The first kappa shape index (κ1) is 13.7. The third kappa shape index (κ3) is 3.17. The molecule has 0 atom stereocenters. The number of hydrogen-bond donors (Lipinski definition) is 1. The molecule has 0 fully saturated rings. The van der Waals surface area contributed by atoms with E-state index in [0.717, 1.165) is 0 Å². The maximum absolute atomic E-state index is 11.4. The van der Waals surface area contributed by atoms with Gasteiger partial charge in [0, 0.05) is 6.07 Å². The Morgan fingerprint density at radius 1 is 1.15 bits per heavy atom. The van der Waals surface area contributed by atoms with Crippen molar-refractivity contribution >= 4 is 11.9 Å². The molecule has 2 rings (SSSR count). The van der Waals surface area contributed by atoms with Crippen molar-refractivity contribution in [1.82, 2.24) is 0 Å². The maximum Gasteiger partial charge on any atom is 0.371 e. The van der Waals surface area contributed by atoms with E-state index < -0.39 is 11.9 Å². The van der Waals surface area contributed by atoms with Crippen molar-refractivity contribution in [1.29, 1.82) is 0 Å². The Hall–Kier alpha value is -2.76. The van der Waals surface area contributed by atoms with Gasteiger partial charge >= 0.3 is 11.9 Å². The van der Waals surface area contributed by atoms with Gasteiger partial charge in [0.2, 0.25) is 5.76 Å². The van der Waals surface area contributed by atoms with E-state index in [1.165, 1.54) is 12.1 Å². The molecular formula is C14H12O6. The summed E-state index contributed by atoms with van der Waals surface area (Å²) in [4.78, 5) is 22.1. The minimum Gasteiger partial charge on any atom is -0.475 e. The average molecular weight is 276 g/mol. The molecule has 0 saturated heterocycles. The third-order valence-electron chi connectivity index (χ3n) is 2.38. The summed E-state index contributed by atoms with van der Waals surface area (Å²) in [7, 11) is 0. The fourth-order valence-corrected chi connectivity index (χ4v) is 1.48. The second-order valence-corrected chi connectivity index (χ2v) is 3.77. The molecule has 1 aromatic heterocycles. The topological polar surface area (TPSA) is 86.0 Å². The van der Waals surface area contributed by atoms with Gasteiger partial charge in [-0.2, -0.15) is 0 Å². The van der Waals surface area contributed by atoms with Crippen LogP contribution < -0.4 is 4.74 Å². The monoisotopic (exact) mass is 276 g/mol. The summed E-state index contributed by atoms with van der Waals surface area (Å²) >= 11 is 0. The number of hydrogen-bond acceptors (Lipinski definition) is 5. The van der Waals surface area contributed by atoms with Gasteiger partial charge in [0.05, 0.1) is 12.2 Å². The van der Waals surface area contributed by atoms with Crippen LogP contribution in [0, 0.1) is 0 Å². The lowest BCUT2D eigenvalue weighted by molar-refractivity contribution is 0.0525. The van der Waals surface area contributed by atoms with Gasteiger partial charge in [-0.15, -0.1) is 0 Å². The van der Waals surface area contributed by atoms with Gasteiger partial charge in [-0.05, 0) is 37.3 Å². The highest BCUT2D eigenvalue weighted by atomic mass is 16.6. The number of carboxylic acids is 1. The normalized spacial score (nSPS) is 10.1. The van der Waals surface area contributed by atoms with Crippen LogP contribution >= 0.6 is 0 Å². The number of benzene rings is 1. The number of carbonyl (C=O) groups is 2. The number of esters is 1. The van der Waals surface area contributed by atoms with Gasteiger partial charge in [-0.3, -0.25) is 0 Å². The quantitative estimate of drug-likeness (QED) is 0.845.